The molecule has 0 heterocycles. The molecule has 0 radical (unpaired) electrons. The highest BCUT2D eigenvalue weighted by molar-refractivity contribution is 6.34. The third kappa shape index (κ3) is 3.49. The minimum absolute atomic E-state index is 0.235. The molecule has 1 aromatic rings. The van der Waals surface area contributed by atoms with Crippen LogP contribution in [0.5, 0.6) is 0 Å². The smallest absolute Gasteiger partial charge is 0.337 e. The summed E-state index contributed by atoms with van der Waals surface area (Å²) >= 11 is 6.06. The van der Waals surface area contributed by atoms with Gasteiger partial charge in [0.15, 0.2) is 0 Å². The van der Waals surface area contributed by atoms with Crippen molar-refractivity contribution in [2.75, 3.05) is 18.5 Å². The molecule has 0 aliphatic heterocycles. The Morgan fingerprint density at radius 1 is 1.59 bits per heavy atom. The Bertz CT molecular complexity index is 418. The zero-order chi connectivity index (χ0) is 12.8. The van der Waals surface area contributed by atoms with Gasteiger partial charge >= 0.3 is 5.97 Å². The summed E-state index contributed by atoms with van der Waals surface area (Å²) in [6.07, 6.45) is 3.67. The number of anilines is 1. The van der Waals surface area contributed by atoms with Crippen molar-refractivity contribution in [1.82, 2.24) is 0 Å². The van der Waals surface area contributed by atoms with Crippen LogP contribution < -0.4 is 4.90 Å². The van der Waals surface area contributed by atoms with Gasteiger partial charge in [0.25, 0.3) is 0 Å². The maximum atomic E-state index is 11.1. The number of carboxylic acid groups (broad SMARTS) is 1. The molecule has 3 nitrogen and oxygen atoms in total. The molecule has 0 amide bonds. The molecule has 0 bridgehead atoms. The lowest BCUT2D eigenvalue weighted by atomic mass is 10.1. The van der Waals surface area contributed by atoms with E-state index in [2.05, 4.69) is 6.58 Å². The minimum Gasteiger partial charge on any atom is -0.478 e. The van der Waals surface area contributed by atoms with Crippen molar-refractivity contribution in [3.63, 3.8) is 0 Å². The molecule has 0 atom stereocenters. The number of benzene rings is 1. The Morgan fingerprint density at radius 3 is 2.88 bits per heavy atom. The lowest BCUT2D eigenvalue weighted by Crippen LogP contribution is -2.21. The average molecular weight is 254 g/mol. The first-order valence-electron chi connectivity index (χ1n) is 5.41. The number of hydrogen-bond donors (Lipinski definition) is 1. The molecule has 0 fully saturated rings. The van der Waals surface area contributed by atoms with E-state index in [1.165, 1.54) is 0 Å². The third-order valence-corrected chi connectivity index (χ3v) is 2.81. The number of unbranched alkanes of at least 4 members (excludes halogenated alkanes) is 1. The molecular formula is C13H16ClNO2. The summed E-state index contributed by atoms with van der Waals surface area (Å²) in [6.45, 7) is 4.40. The number of hydrogen-bond acceptors (Lipinski definition) is 2. The first kappa shape index (κ1) is 13.6. The summed E-state index contributed by atoms with van der Waals surface area (Å²) < 4.78 is 0. The number of rotatable bonds is 6. The average Bonchev–Trinajstić information content (AvgIpc) is 2.28. The standard InChI is InChI=1S/C13H16ClNO2/c1-3-4-5-9-15(2)12-10(13(16)17)7-6-8-11(12)14/h3,6-8H,1,4-5,9H2,2H3,(H,16,17). The van der Waals surface area contributed by atoms with Crippen LogP contribution in [0.25, 0.3) is 0 Å². The lowest BCUT2D eigenvalue weighted by molar-refractivity contribution is 0.0697. The Morgan fingerprint density at radius 2 is 2.29 bits per heavy atom. The largest absolute Gasteiger partial charge is 0.478 e. The predicted octanol–water partition coefficient (Wildman–Crippen LogP) is 3.44. The van der Waals surface area contributed by atoms with Gasteiger partial charge in [0.05, 0.1) is 16.3 Å². The Labute approximate surface area is 106 Å². The van der Waals surface area contributed by atoms with Crippen LogP contribution in [-0.2, 0) is 0 Å². The van der Waals surface area contributed by atoms with Gasteiger partial charge in [-0.15, -0.1) is 6.58 Å². The zero-order valence-electron chi connectivity index (χ0n) is 9.82. The number of allylic oxidation sites excluding steroid dienone is 1. The number of carboxylic acids is 1. The van der Waals surface area contributed by atoms with Crippen molar-refractivity contribution < 1.29 is 9.90 Å². The minimum atomic E-state index is -0.960. The fourth-order valence-electron chi connectivity index (χ4n) is 1.66. The molecule has 17 heavy (non-hydrogen) atoms. The first-order valence-corrected chi connectivity index (χ1v) is 5.79. The van der Waals surface area contributed by atoms with Gasteiger partial charge in [0.1, 0.15) is 0 Å². The van der Waals surface area contributed by atoms with E-state index in [1.54, 1.807) is 18.2 Å². The fraction of sp³-hybridized carbons (Fsp3) is 0.308. The van der Waals surface area contributed by atoms with E-state index in [9.17, 15) is 4.79 Å². The molecule has 92 valence electrons. The molecule has 1 rings (SSSR count). The highest BCUT2D eigenvalue weighted by atomic mass is 35.5. The van der Waals surface area contributed by atoms with E-state index in [1.807, 2.05) is 18.0 Å². The summed E-state index contributed by atoms with van der Waals surface area (Å²) in [6, 6.07) is 4.91. The number of nitrogens with zero attached hydrogens (tertiary/aromatic N) is 1. The van der Waals surface area contributed by atoms with Crippen molar-refractivity contribution in [1.29, 1.82) is 0 Å². The molecular weight excluding hydrogens is 238 g/mol. The molecule has 0 spiro atoms. The van der Waals surface area contributed by atoms with E-state index in [0.29, 0.717) is 10.7 Å². The lowest BCUT2D eigenvalue weighted by Gasteiger charge is -2.22. The van der Waals surface area contributed by atoms with Gasteiger partial charge in [-0.1, -0.05) is 23.7 Å². The molecule has 0 saturated carbocycles. The Hall–Kier alpha value is -1.48. The normalized spacial score (nSPS) is 10.0. The molecule has 0 aliphatic rings. The molecule has 0 saturated heterocycles. The Kier molecular flexibility index (Phi) is 5.04. The van der Waals surface area contributed by atoms with E-state index < -0.39 is 5.97 Å². The van der Waals surface area contributed by atoms with Crippen molar-refractivity contribution >= 4 is 23.3 Å². The molecule has 0 aliphatic carbocycles. The van der Waals surface area contributed by atoms with Crippen LogP contribution in [0, 0.1) is 0 Å². The van der Waals surface area contributed by atoms with E-state index >= 15 is 0 Å². The number of para-hydroxylation sites is 1. The number of carbonyl (C=O) groups is 1. The van der Waals surface area contributed by atoms with Gasteiger partial charge in [-0.3, -0.25) is 0 Å². The van der Waals surface area contributed by atoms with Gasteiger partial charge in [0.2, 0.25) is 0 Å². The number of halogens is 1. The van der Waals surface area contributed by atoms with Crippen LogP contribution in [0.4, 0.5) is 5.69 Å². The summed E-state index contributed by atoms with van der Waals surface area (Å²) in [4.78, 5) is 13.0. The van der Waals surface area contributed by atoms with Gasteiger partial charge < -0.3 is 10.0 Å². The van der Waals surface area contributed by atoms with Gasteiger partial charge in [-0.2, -0.15) is 0 Å². The fourth-order valence-corrected chi connectivity index (χ4v) is 1.98. The van der Waals surface area contributed by atoms with Crippen LogP contribution in [0.2, 0.25) is 5.02 Å². The Balaban J connectivity index is 2.94. The quantitative estimate of drug-likeness (QED) is 0.624. The summed E-state index contributed by atoms with van der Waals surface area (Å²) in [5, 5.41) is 9.57. The summed E-state index contributed by atoms with van der Waals surface area (Å²) in [5.74, 6) is -0.960. The molecule has 4 heteroatoms. The SMILES string of the molecule is C=CCCCN(C)c1c(Cl)cccc1C(=O)O. The van der Waals surface area contributed by atoms with E-state index in [4.69, 9.17) is 16.7 Å². The van der Waals surface area contributed by atoms with Crippen molar-refractivity contribution in [2.24, 2.45) is 0 Å². The molecule has 0 aromatic heterocycles. The topological polar surface area (TPSA) is 40.5 Å². The molecule has 1 N–H and O–H groups in total. The highest BCUT2D eigenvalue weighted by Gasteiger charge is 2.16. The number of aromatic carboxylic acids is 1. The second-order valence-corrected chi connectivity index (χ2v) is 4.20. The second-order valence-electron chi connectivity index (χ2n) is 3.79. The maximum absolute atomic E-state index is 11.1. The third-order valence-electron chi connectivity index (χ3n) is 2.50. The van der Waals surface area contributed by atoms with Gasteiger partial charge in [-0.25, -0.2) is 4.79 Å². The van der Waals surface area contributed by atoms with Crippen LogP contribution in [-0.4, -0.2) is 24.7 Å². The van der Waals surface area contributed by atoms with Gasteiger partial charge in [0, 0.05) is 13.6 Å². The first-order chi connectivity index (χ1) is 8.07. The maximum Gasteiger partial charge on any atom is 0.337 e. The summed E-state index contributed by atoms with van der Waals surface area (Å²) in [7, 11) is 1.84. The molecule has 0 unspecified atom stereocenters. The van der Waals surface area contributed by atoms with Gasteiger partial charge in [-0.05, 0) is 25.0 Å². The van der Waals surface area contributed by atoms with Crippen LogP contribution >= 0.6 is 11.6 Å². The molecule has 1 aromatic carbocycles. The van der Waals surface area contributed by atoms with E-state index in [0.717, 1.165) is 19.4 Å². The van der Waals surface area contributed by atoms with Crippen LogP contribution in [0.3, 0.4) is 0 Å². The monoisotopic (exact) mass is 253 g/mol. The predicted molar refractivity (Wildman–Crippen MR) is 71.1 cm³/mol. The van der Waals surface area contributed by atoms with E-state index in [-0.39, 0.29) is 5.56 Å². The highest BCUT2D eigenvalue weighted by Crippen LogP contribution is 2.29. The van der Waals surface area contributed by atoms with Crippen LogP contribution in [0.15, 0.2) is 30.9 Å². The summed E-state index contributed by atoms with van der Waals surface area (Å²) in [5.41, 5.74) is 0.810. The van der Waals surface area contributed by atoms with Crippen LogP contribution in [0.1, 0.15) is 23.2 Å². The zero-order valence-corrected chi connectivity index (χ0v) is 10.6. The van der Waals surface area contributed by atoms with Crippen molar-refractivity contribution in [3.8, 4) is 0 Å². The van der Waals surface area contributed by atoms with Crippen molar-refractivity contribution in [3.05, 3.63) is 41.4 Å². The second kappa shape index (κ2) is 6.30. The van der Waals surface area contributed by atoms with Crippen molar-refractivity contribution in [2.45, 2.75) is 12.8 Å².